The van der Waals surface area contributed by atoms with E-state index in [1.165, 1.54) is 5.01 Å². The Bertz CT molecular complexity index is 531. The molecule has 0 bridgehead atoms. The maximum atomic E-state index is 11.9. The zero-order valence-electron chi connectivity index (χ0n) is 11.3. The van der Waals surface area contributed by atoms with Crippen LogP contribution in [-0.2, 0) is 9.59 Å². The van der Waals surface area contributed by atoms with Crippen LogP contribution in [0.25, 0.3) is 0 Å². The number of rotatable bonds is 4. The minimum atomic E-state index is -1.03. The molecule has 1 fully saturated rings. The van der Waals surface area contributed by atoms with Crippen LogP contribution in [0.1, 0.15) is 37.4 Å². The molecule has 5 nitrogen and oxygen atoms in total. The first-order valence-corrected chi connectivity index (χ1v) is 7.45. The number of amides is 2. The molecule has 0 aromatic heterocycles. The maximum Gasteiger partial charge on any atom is 0.241 e. The number of carbonyl (C=O) groups excluding carboxylic acids is 2. The van der Waals surface area contributed by atoms with Gasteiger partial charge >= 0.3 is 0 Å². The minimum Gasteiger partial charge on any atom is -0.388 e. The molecule has 1 atom stereocenters. The first-order chi connectivity index (χ1) is 9.95. The van der Waals surface area contributed by atoms with Crippen LogP contribution in [0, 0.1) is 0 Å². The SMILES string of the molecule is O=C(CC(O)c1cc(Cl)cc(Cl)c1)NN1CCCCC1=O. The van der Waals surface area contributed by atoms with Crippen molar-refractivity contribution in [1.29, 1.82) is 0 Å². The maximum absolute atomic E-state index is 11.9. The Morgan fingerprint density at radius 3 is 2.57 bits per heavy atom. The van der Waals surface area contributed by atoms with Gasteiger partial charge < -0.3 is 5.11 Å². The van der Waals surface area contributed by atoms with Crippen LogP contribution in [0.15, 0.2) is 18.2 Å². The number of piperidine rings is 1. The van der Waals surface area contributed by atoms with E-state index in [1.807, 2.05) is 0 Å². The first-order valence-electron chi connectivity index (χ1n) is 6.69. The van der Waals surface area contributed by atoms with Crippen molar-refractivity contribution in [3.8, 4) is 0 Å². The summed E-state index contributed by atoms with van der Waals surface area (Å²) in [6.07, 6.45) is 0.946. The molecule has 21 heavy (non-hydrogen) atoms. The van der Waals surface area contributed by atoms with Crippen LogP contribution in [-0.4, -0.2) is 28.5 Å². The second-order valence-corrected chi connectivity index (χ2v) is 5.83. The van der Waals surface area contributed by atoms with Gasteiger partial charge in [-0.2, -0.15) is 0 Å². The first kappa shape index (κ1) is 16.1. The summed E-state index contributed by atoms with van der Waals surface area (Å²) in [5.74, 6) is -0.524. The second kappa shape index (κ2) is 7.11. The van der Waals surface area contributed by atoms with Crippen LogP contribution in [0.2, 0.25) is 10.0 Å². The number of halogens is 2. The van der Waals surface area contributed by atoms with Gasteiger partial charge in [0.25, 0.3) is 0 Å². The van der Waals surface area contributed by atoms with E-state index in [4.69, 9.17) is 23.2 Å². The summed E-state index contributed by atoms with van der Waals surface area (Å²) >= 11 is 11.7. The molecule has 1 unspecified atom stereocenters. The topological polar surface area (TPSA) is 69.6 Å². The van der Waals surface area contributed by atoms with E-state index in [9.17, 15) is 14.7 Å². The molecule has 0 radical (unpaired) electrons. The normalized spacial score (nSPS) is 16.7. The number of hydrogen-bond donors (Lipinski definition) is 2. The molecule has 1 heterocycles. The van der Waals surface area contributed by atoms with Gasteiger partial charge in [-0.1, -0.05) is 23.2 Å². The number of nitrogens with one attached hydrogen (secondary N) is 1. The fourth-order valence-electron chi connectivity index (χ4n) is 2.18. The number of hydrazine groups is 1. The number of hydrogen-bond acceptors (Lipinski definition) is 3. The van der Waals surface area contributed by atoms with Crippen molar-refractivity contribution >= 4 is 35.0 Å². The summed E-state index contributed by atoms with van der Waals surface area (Å²) in [7, 11) is 0. The molecule has 2 N–H and O–H groups in total. The summed E-state index contributed by atoms with van der Waals surface area (Å²) in [5.41, 5.74) is 2.98. The predicted molar refractivity (Wildman–Crippen MR) is 79.7 cm³/mol. The predicted octanol–water partition coefficient (Wildman–Crippen LogP) is 2.46. The van der Waals surface area contributed by atoms with Crippen molar-refractivity contribution in [1.82, 2.24) is 10.4 Å². The van der Waals surface area contributed by atoms with Crippen LogP contribution in [0.5, 0.6) is 0 Å². The second-order valence-electron chi connectivity index (χ2n) is 4.96. The van der Waals surface area contributed by atoms with E-state index in [2.05, 4.69) is 5.43 Å². The van der Waals surface area contributed by atoms with E-state index in [1.54, 1.807) is 18.2 Å². The lowest BCUT2D eigenvalue weighted by molar-refractivity contribution is -0.144. The van der Waals surface area contributed by atoms with Crippen LogP contribution < -0.4 is 5.43 Å². The average molecular weight is 331 g/mol. The van der Waals surface area contributed by atoms with Crippen molar-refractivity contribution in [2.45, 2.75) is 31.8 Å². The average Bonchev–Trinajstić information content (AvgIpc) is 2.40. The third-order valence-corrected chi connectivity index (χ3v) is 3.67. The zero-order valence-corrected chi connectivity index (χ0v) is 12.8. The van der Waals surface area contributed by atoms with Crippen molar-refractivity contribution in [3.05, 3.63) is 33.8 Å². The number of benzene rings is 1. The van der Waals surface area contributed by atoms with Gasteiger partial charge in [-0.05, 0) is 36.6 Å². The molecule has 0 saturated carbocycles. The molecule has 1 aliphatic rings. The lowest BCUT2D eigenvalue weighted by Gasteiger charge is -2.27. The molecule has 2 rings (SSSR count). The van der Waals surface area contributed by atoms with Crippen LogP contribution in [0.3, 0.4) is 0 Å². The molecule has 1 aromatic rings. The van der Waals surface area contributed by atoms with Gasteiger partial charge in [-0.15, -0.1) is 0 Å². The largest absolute Gasteiger partial charge is 0.388 e. The highest BCUT2D eigenvalue weighted by Crippen LogP contribution is 2.25. The fraction of sp³-hybridized carbons (Fsp3) is 0.429. The molecular weight excluding hydrogens is 315 g/mol. The molecule has 0 spiro atoms. The third kappa shape index (κ3) is 4.59. The summed E-state index contributed by atoms with van der Waals surface area (Å²) in [6, 6.07) is 4.65. The molecule has 2 amide bonds. The van der Waals surface area contributed by atoms with E-state index >= 15 is 0 Å². The van der Waals surface area contributed by atoms with Crippen molar-refractivity contribution in [2.75, 3.05) is 6.54 Å². The summed E-state index contributed by atoms with van der Waals surface area (Å²) in [6.45, 7) is 0.504. The number of carbonyl (C=O) groups is 2. The van der Waals surface area contributed by atoms with Crippen molar-refractivity contribution in [3.63, 3.8) is 0 Å². The third-order valence-electron chi connectivity index (χ3n) is 3.23. The van der Waals surface area contributed by atoms with Gasteiger partial charge in [-0.25, -0.2) is 0 Å². The summed E-state index contributed by atoms with van der Waals surface area (Å²) in [5, 5.41) is 12.1. The Labute approximate surface area is 132 Å². The van der Waals surface area contributed by atoms with E-state index in [-0.39, 0.29) is 12.3 Å². The molecular formula is C14H16Cl2N2O3. The monoisotopic (exact) mass is 330 g/mol. The molecule has 1 saturated heterocycles. The van der Waals surface area contributed by atoms with Crippen molar-refractivity contribution in [2.24, 2.45) is 0 Å². The highest BCUT2D eigenvalue weighted by molar-refractivity contribution is 6.34. The molecule has 1 aliphatic heterocycles. The lowest BCUT2D eigenvalue weighted by Crippen LogP contribution is -2.48. The van der Waals surface area contributed by atoms with Gasteiger partial charge in [0.15, 0.2) is 0 Å². The Morgan fingerprint density at radius 2 is 1.95 bits per heavy atom. The van der Waals surface area contributed by atoms with Gasteiger partial charge in [0, 0.05) is 23.0 Å². The Kier molecular flexibility index (Phi) is 5.45. The molecule has 114 valence electrons. The fourth-order valence-corrected chi connectivity index (χ4v) is 2.72. The van der Waals surface area contributed by atoms with Crippen LogP contribution >= 0.6 is 23.2 Å². The highest BCUT2D eigenvalue weighted by Gasteiger charge is 2.21. The number of nitrogens with zero attached hydrogens (tertiary/aromatic N) is 1. The summed E-state index contributed by atoms with van der Waals surface area (Å²) < 4.78 is 0. The van der Waals surface area contributed by atoms with Gasteiger partial charge in [-0.3, -0.25) is 20.0 Å². The highest BCUT2D eigenvalue weighted by atomic mass is 35.5. The molecule has 1 aromatic carbocycles. The Balaban J connectivity index is 1.93. The van der Waals surface area contributed by atoms with Gasteiger partial charge in [0.05, 0.1) is 12.5 Å². The van der Waals surface area contributed by atoms with E-state index in [0.29, 0.717) is 28.6 Å². The van der Waals surface area contributed by atoms with Gasteiger partial charge in [0.1, 0.15) is 0 Å². The Hall–Kier alpha value is -1.30. The number of aliphatic hydroxyl groups excluding tert-OH is 1. The van der Waals surface area contributed by atoms with E-state index < -0.39 is 12.0 Å². The number of aliphatic hydroxyl groups is 1. The lowest BCUT2D eigenvalue weighted by atomic mass is 10.1. The van der Waals surface area contributed by atoms with Gasteiger partial charge in [0.2, 0.25) is 11.8 Å². The quantitative estimate of drug-likeness (QED) is 0.890. The molecule has 0 aliphatic carbocycles. The molecule has 7 heteroatoms. The van der Waals surface area contributed by atoms with Crippen molar-refractivity contribution < 1.29 is 14.7 Å². The Morgan fingerprint density at radius 1 is 1.29 bits per heavy atom. The van der Waals surface area contributed by atoms with E-state index in [0.717, 1.165) is 12.8 Å². The van der Waals surface area contributed by atoms with Crippen LogP contribution in [0.4, 0.5) is 0 Å². The summed E-state index contributed by atoms with van der Waals surface area (Å²) in [4.78, 5) is 23.5. The smallest absolute Gasteiger partial charge is 0.241 e. The standard InChI is InChI=1S/C14H16Cl2N2O3/c15-10-5-9(6-11(16)7-10)12(19)8-13(20)17-18-4-2-1-3-14(18)21/h5-7,12,19H,1-4,8H2,(H,17,20). The minimum absolute atomic E-state index is 0.102. The zero-order chi connectivity index (χ0) is 15.4.